The van der Waals surface area contributed by atoms with E-state index in [9.17, 15) is 0 Å². The smallest absolute Gasteiger partial charge is 0.140 e. The van der Waals surface area contributed by atoms with Crippen LogP contribution in [0.3, 0.4) is 0 Å². The first kappa shape index (κ1) is 15.0. The molecule has 0 aliphatic rings. The van der Waals surface area contributed by atoms with Crippen LogP contribution in [0.5, 0.6) is 0 Å². The summed E-state index contributed by atoms with van der Waals surface area (Å²) in [5, 5.41) is 4.79. The molecule has 20 heavy (non-hydrogen) atoms. The Morgan fingerprint density at radius 2 is 2.05 bits per heavy atom. The normalized spacial score (nSPS) is 11.3. The van der Waals surface area contributed by atoms with Crippen molar-refractivity contribution in [3.05, 3.63) is 30.1 Å². The van der Waals surface area contributed by atoms with Crippen molar-refractivity contribution in [1.29, 1.82) is 0 Å². The molecule has 3 nitrogen and oxygen atoms in total. The molecule has 0 radical (unpaired) electrons. The maximum atomic E-state index is 4.56. The predicted octanol–water partition coefficient (Wildman–Crippen LogP) is 4.12. The summed E-state index contributed by atoms with van der Waals surface area (Å²) in [4.78, 5) is 4.56. The molecule has 2 heterocycles. The maximum Gasteiger partial charge on any atom is 0.140 e. The molecule has 0 saturated carbocycles. The number of aromatic nitrogens is 2. The van der Waals surface area contributed by atoms with E-state index in [1.165, 1.54) is 43.1 Å². The molecule has 110 valence electrons. The molecular weight excluding hydrogens is 246 g/mol. The lowest BCUT2D eigenvalue weighted by Gasteiger charge is -2.03. The Hall–Kier alpha value is -1.35. The highest BCUT2D eigenvalue weighted by atomic mass is 15.0. The van der Waals surface area contributed by atoms with Gasteiger partial charge >= 0.3 is 0 Å². The molecule has 0 saturated heterocycles. The zero-order chi connectivity index (χ0) is 14.2. The monoisotopic (exact) mass is 273 g/mol. The summed E-state index contributed by atoms with van der Waals surface area (Å²) in [5.74, 6) is 0. The zero-order valence-corrected chi connectivity index (χ0v) is 12.9. The fourth-order valence-corrected chi connectivity index (χ4v) is 2.62. The third kappa shape index (κ3) is 3.83. The summed E-state index contributed by atoms with van der Waals surface area (Å²) in [6, 6.07) is 4.22. The summed E-state index contributed by atoms with van der Waals surface area (Å²) in [6.07, 6.45) is 10.5. The quantitative estimate of drug-likeness (QED) is 0.697. The van der Waals surface area contributed by atoms with E-state index in [2.05, 4.69) is 41.0 Å². The minimum atomic E-state index is 0.942. The van der Waals surface area contributed by atoms with E-state index >= 15 is 0 Å². The lowest BCUT2D eigenvalue weighted by Crippen LogP contribution is -2.13. The van der Waals surface area contributed by atoms with Gasteiger partial charge in [-0.1, -0.05) is 33.1 Å². The second-order valence-corrected chi connectivity index (χ2v) is 5.46. The number of hydrogen-bond acceptors (Lipinski definition) is 2. The van der Waals surface area contributed by atoms with Crippen LogP contribution >= 0.6 is 0 Å². The molecule has 0 spiro atoms. The van der Waals surface area contributed by atoms with Crippen molar-refractivity contribution in [2.24, 2.45) is 0 Å². The minimum Gasteiger partial charge on any atom is -0.332 e. The van der Waals surface area contributed by atoms with Gasteiger partial charge in [-0.05, 0) is 37.1 Å². The average Bonchev–Trinajstić information content (AvgIpc) is 2.83. The number of aryl methyl sites for hydroxylation is 1. The van der Waals surface area contributed by atoms with Crippen molar-refractivity contribution in [2.75, 3.05) is 6.54 Å². The van der Waals surface area contributed by atoms with Gasteiger partial charge in [-0.25, -0.2) is 4.98 Å². The predicted molar refractivity (Wildman–Crippen MR) is 85.9 cm³/mol. The molecule has 0 fully saturated rings. The molecule has 0 aliphatic carbocycles. The van der Waals surface area contributed by atoms with E-state index < -0.39 is 0 Å². The lowest BCUT2D eigenvalue weighted by molar-refractivity contribution is 0.589. The summed E-state index contributed by atoms with van der Waals surface area (Å²) in [6.45, 7) is 7.55. The first-order valence-electron chi connectivity index (χ1n) is 8.00. The van der Waals surface area contributed by atoms with Gasteiger partial charge < -0.3 is 9.88 Å². The van der Waals surface area contributed by atoms with Crippen molar-refractivity contribution < 1.29 is 0 Å². The summed E-state index contributed by atoms with van der Waals surface area (Å²) < 4.78 is 2.33. The third-order valence-corrected chi connectivity index (χ3v) is 3.71. The molecular formula is C17H27N3. The van der Waals surface area contributed by atoms with Gasteiger partial charge in [-0.2, -0.15) is 0 Å². The van der Waals surface area contributed by atoms with Crippen LogP contribution in [0.25, 0.3) is 11.0 Å². The highest BCUT2D eigenvalue weighted by molar-refractivity contribution is 5.80. The molecule has 2 rings (SSSR count). The minimum absolute atomic E-state index is 0.942. The van der Waals surface area contributed by atoms with Crippen LogP contribution in [0.2, 0.25) is 0 Å². The number of unbranched alkanes of at least 4 members (excludes halogenated alkanes) is 3. The van der Waals surface area contributed by atoms with Crippen LogP contribution in [0.15, 0.2) is 24.5 Å². The van der Waals surface area contributed by atoms with E-state index in [-0.39, 0.29) is 0 Å². The molecule has 0 atom stereocenters. The molecule has 2 aromatic heterocycles. The Morgan fingerprint density at radius 3 is 2.85 bits per heavy atom. The molecule has 0 unspecified atom stereocenters. The Labute approximate surface area is 122 Å². The van der Waals surface area contributed by atoms with E-state index in [0.717, 1.165) is 25.3 Å². The van der Waals surface area contributed by atoms with E-state index in [1.54, 1.807) is 0 Å². The number of nitrogens with one attached hydrogen (secondary N) is 1. The molecule has 2 aromatic rings. The Morgan fingerprint density at radius 1 is 1.15 bits per heavy atom. The highest BCUT2D eigenvalue weighted by Crippen LogP contribution is 2.20. The Kier molecular flexibility index (Phi) is 6.06. The Bertz CT molecular complexity index is 516. The van der Waals surface area contributed by atoms with Crippen molar-refractivity contribution in [3.8, 4) is 0 Å². The number of rotatable bonds is 9. The van der Waals surface area contributed by atoms with Gasteiger partial charge in [0.15, 0.2) is 0 Å². The van der Waals surface area contributed by atoms with Crippen LogP contribution in [0.4, 0.5) is 0 Å². The second-order valence-electron chi connectivity index (χ2n) is 5.46. The third-order valence-electron chi connectivity index (χ3n) is 3.71. The fourth-order valence-electron chi connectivity index (χ4n) is 2.62. The molecule has 0 aliphatic heterocycles. The molecule has 0 amide bonds. The second kappa shape index (κ2) is 8.05. The van der Waals surface area contributed by atoms with Gasteiger partial charge in [-0.15, -0.1) is 0 Å². The molecule has 3 heteroatoms. The molecule has 0 bridgehead atoms. The lowest BCUT2D eigenvalue weighted by atomic mass is 10.2. The fraction of sp³-hybridized carbons (Fsp3) is 0.588. The summed E-state index contributed by atoms with van der Waals surface area (Å²) >= 11 is 0. The van der Waals surface area contributed by atoms with Gasteiger partial charge in [0.2, 0.25) is 0 Å². The van der Waals surface area contributed by atoms with Gasteiger partial charge in [0.25, 0.3) is 0 Å². The first-order valence-corrected chi connectivity index (χ1v) is 8.00. The Balaban J connectivity index is 2.09. The van der Waals surface area contributed by atoms with Gasteiger partial charge in [0, 0.05) is 30.9 Å². The van der Waals surface area contributed by atoms with E-state index in [0.29, 0.717) is 0 Å². The van der Waals surface area contributed by atoms with Crippen LogP contribution in [0, 0.1) is 0 Å². The van der Waals surface area contributed by atoms with Gasteiger partial charge in [0.05, 0.1) is 0 Å². The average molecular weight is 273 g/mol. The summed E-state index contributed by atoms with van der Waals surface area (Å²) in [7, 11) is 0. The zero-order valence-electron chi connectivity index (χ0n) is 12.9. The van der Waals surface area contributed by atoms with E-state index in [1.807, 2.05) is 12.3 Å². The van der Waals surface area contributed by atoms with Crippen molar-refractivity contribution in [2.45, 2.75) is 59.0 Å². The van der Waals surface area contributed by atoms with Crippen LogP contribution in [-0.2, 0) is 13.1 Å². The van der Waals surface area contributed by atoms with E-state index in [4.69, 9.17) is 0 Å². The number of fused-ring (bicyclic) bond motifs is 1. The number of pyridine rings is 1. The topological polar surface area (TPSA) is 29.9 Å². The first-order chi connectivity index (χ1) is 9.86. The van der Waals surface area contributed by atoms with Gasteiger partial charge in [-0.3, -0.25) is 0 Å². The van der Waals surface area contributed by atoms with Crippen molar-refractivity contribution in [3.63, 3.8) is 0 Å². The van der Waals surface area contributed by atoms with Crippen LogP contribution < -0.4 is 5.32 Å². The highest BCUT2D eigenvalue weighted by Gasteiger charge is 2.08. The number of nitrogens with zero attached hydrogens (tertiary/aromatic N) is 2. The molecule has 0 aromatic carbocycles. The largest absolute Gasteiger partial charge is 0.332 e. The maximum absolute atomic E-state index is 4.56. The van der Waals surface area contributed by atoms with Gasteiger partial charge in [0.1, 0.15) is 5.65 Å². The summed E-state index contributed by atoms with van der Waals surface area (Å²) in [5.41, 5.74) is 2.51. The SMILES string of the molecule is CCCCCCn1cc(CNCCC)c2cccnc21. The van der Waals surface area contributed by atoms with Crippen molar-refractivity contribution >= 4 is 11.0 Å². The van der Waals surface area contributed by atoms with Crippen LogP contribution in [-0.4, -0.2) is 16.1 Å². The number of hydrogen-bond donors (Lipinski definition) is 1. The standard InChI is InChI=1S/C17H27N3/c1-3-5-6-7-12-20-14-15(13-18-10-4-2)16-9-8-11-19-17(16)20/h8-9,11,14,18H,3-7,10,12-13H2,1-2H3. The van der Waals surface area contributed by atoms with Crippen LogP contribution in [0.1, 0.15) is 51.5 Å². The molecule has 1 N–H and O–H groups in total. The van der Waals surface area contributed by atoms with Crippen molar-refractivity contribution in [1.82, 2.24) is 14.9 Å².